The fraction of sp³-hybridized carbons (Fsp3) is 0.571. The van der Waals surface area contributed by atoms with Gasteiger partial charge in [0, 0.05) is 19.1 Å². The van der Waals surface area contributed by atoms with Gasteiger partial charge in [-0.1, -0.05) is 6.07 Å². The van der Waals surface area contributed by atoms with Gasteiger partial charge in [0.15, 0.2) is 0 Å². The van der Waals surface area contributed by atoms with Crippen molar-refractivity contribution in [2.24, 2.45) is 17.6 Å². The van der Waals surface area contributed by atoms with Gasteiger partial charge in [-0.25, -0.2) is 8.42 Å². The van der Waals surface area contributed by atoms with E-state index in [0.29, 0.717) is 19.2 Å². The number of halogens is 4. The van der Waals surface area contributed by atoms with Crippen LogP contribution in [0.2, 0.25) is 0 Å². The Morgan fingerprint density at radius 2 is 1.87 bits per heavy atom. The van der Waals surface area contributed by atoms with Gasteiger partial charge in [-0.15, -0.1) is 12.4 Å². The summed E-state index contributed by atoms with van der Waals surface area (Å²) in [5.41, 5.74) is 5.02. The van der Waals surface area contributed by atoms with Crippen LogP contribution in [-0.4, -0.2) is 31.9 Å². The minimum absolute atomic E-state index is 0. The number of alkyl halides is 3. The second kappa shape index (κ2) is 6.23. The maximum atomic E-state index is 12.7. The van der Waals surface area contributed by atoms with Crippen molar-refractivity contribution in [1.82, 2.24) is 4.31 Å². The molecule has 1 aliphatic carbocycles. The Labute approximate surface area is 139 Å². The summed E-state index contributed by atoms with van der Waals surface area (Å²) in [6, 6.07) is 3.88. The summed E-state index contributed by atoms with van der Waals surface area (Å²) in [6.07, 6.45) is -2.80. The normalized spacial score (nSPS) is 28.4. The summed E-state index contributed by atoms with van der Waals surface area (Å²) in [5.74, 6) is 0.330. The molecule has 23 heavy (non-hydrogen) atoms. The monoisotopic (exact) mass is 370 g/mol. The highest BCUT2D eigenvalue weighted by Gasteiger charge is 2.45. The fourth-order valence-corrected chi connectivity index (χ4v) is 5.03. The number of nitrogens with two attached hydrogens (primary N) is 1. The van der Waals surface area contributed by atoms with Crippen molar-refractivity contribution >= 4 is 22.4 Å². The molecule has 2 N–H and O–H groups in total. The molecular weight excluding hydrogens is 353 g/mol. The van der Waals surface area contributed by atoms with Gasteiger partial charge in [-0.3, -0.25) is 0 Å². The molecular formula is C14H18ClF3N2O2S. The lowest BCUT2D eigenvalue weighted by Crippen LogP contribution is -2.33. The number of sulfonamides is 1. The van der Waals surface area contributed by atoms with Crippen LogP contribution in [0.25, 0.3) is 0 Å². The minimum Gasteiger partial charge on any atom is -0.327 e. The van der Waals surface area contributed by atoms with E-state index < -0.39 is 21.8 Å². The Kier molecular flexibility index (Phi) is 5.02. The highest BCUT2D eigenvalue weighted by molar-refractivity contribution is 7.89. The SMILES string of the molecule is Cl.NC1CCC2CN(S(=O)(=O)c3cccc(C(F)(F)F)c3)CC12. The van der Waals surface area contributed by atoms with Crippen molar-refractivity contribution in [1.29, 1.82) is 0 Å². The summed E-state index contributed by atoms with van der Waals surface area (Å²) >= 11 is 0. The summed E-state index contributed by atoms with van der Waals surface area (Å²) in [5, 5.41) is 0. The number of rotatable bonds is 2. The number of hydrogen-bond donors (Lipinski definition) is 1. The Hall–Kier alpha value is -0.830. The molecule has 0 amide bonds. The molecule has 0 spiro atoms. The molecule has 0 radical (unpaired) electrons. The Bertz CT molecular complexity index is 681. The van der Waals surface area contributed by atoms with E-state index in [1.165, 1.54) is 10.4 Å². The van der Waals surface area contributed by atoms with Crippen LogP contribution >= 0.6 is 12.4 Å². The van der Waals surface area contributed by atoms with Crippen molar-refractivity contribution in [2.45, 2.75) is 30.0 Å². The third-order valence-corrected chi connectivity index (χ3v) is 6.51. The molecule has 9 heteroatoms. The van der Waals surface area contributed by atoms with Crippen LogP contribution in [0.3, 0.4) is 0 Å². The van der Waals surface area contributed by atoms with Gasteiger partial charge in [0.2, 0.25) is 10.0 Å². The van der Waals surface area contributed by atoms with Crippen LogP contribution in [0.1, 0.15) is 18.4 Å². The summed E-state index contributed by atoms with van der Waals surface area (Å²) in [4.78, 5) is -0.309. The molecule has 0 aromatic heterocycles. The Morgan fingerprint density at radius 1 is 1.17 bits per heavy atom. The Morgan fingerprint density at radius 3 is 2.48 bits per heavy atom. The molecule has 1 aromatic rings. The third kappa shape index (κ3) is 3.35. The van der Waals surface area contributed by atoms with Crippen LogP contribution in [0.15, 0.2) is 29.2 Å². The number of fused-ring (bicyclic) bond motifs is 1. The minimum atomic E-state index is -4.56. The second-order valence-electron chi connectivity index (χ2n) is 6.01. The topological polar surface area (TPSA) is 63.4 Å². The lowest BCUT2D eigenvalue weighted by Gasteiger charge is -2.19. The molecule has 3 rings (SSSR count). The summed E-state index contributed by atoms with van der Waals surface area (Å²) < 4.78 is 64.7. The maximum Gasteiger partial charge on any atom is 0.416 e. The van der Waals surface area contributed by atoms with Crippen molar-refractivity contribution < 1.29 is 21.6 Å². The summed E-state index contributed by atoms with van der Waals surface area (Å²) in [7, 11) is -3.91. The predicted molar refractivity (Wildman–Crippen MR) is 81.6 cm³/mol. The highest BCUT2D eigenvalue weighted by atomic mass is 35.5. The van der Waals surface area contributed by atoms with Gasteiger partial charge in [0.1, 0.15) is 0 Å². The van der Waals surface area contributed by atoms with E-state index in [4.69, 9.17) is 5.73 Å². The van der Waals surface area contributed by atoms with Gasteiger partial charge in [-0.05, 0) is 42.9 Å². The van der Waals surface area contributed by atoms with Gasteiger partial charge in [-0.2, -0.15) is 17.5 Å². The van der Waals surface area contributed by atoms with Gasteiger partial charge in [0.25, 0.3) is 0 Å². The zero-order valence-electron chi connectivity index (χ0n) is 12.2. The molecule has 2 fully saturated rings. The van der Waals surface area contributed by atoms with E-state index in [2.05, 4.69) is 0 Å². The lowest BCUT2D eigenvalue weighted by atomic mass is 9.98. The Balaban J connectivity index is 0.00000192. The fourth-order valence-electron chi connectivity index (χ4n) is 3.44. The molecule has 3 atom stereocenters. The van der Waals surface area contributed by atoms with E-state index in [1.807, 2.05) is 0 Å². The van der Waals surface area contributed by atoms with Crippen molar-refractivity contribution in [3.05, 3.63) is 29.8 Å². The van der Waals surface area contributed by atoms with E-state index in [-0.39, 0.29) is 35.2 Å². The standard InChI is InChI=1S/C14H17F3N2O2S.ClH/c15-14(16,17)10-2-1-3-11(6-10)22(20,21)19-7-9-4-5-13(18)12(9)8-19;/h1-3,6,9,12-13H,4-5,7-8,18H2;1H. The van der Waals surface area contributed by atoms with Gasteiger partial charge in [0.05, 0.1) is 10.5 Å². The second-order valence-corrected chi connectivity index (χ2v) is 7.95. The number of nitrogens with zero attached hydrogens (tertiary/aromatic N) is 1. The van der Waals surface area contributed by atoms with E-state index in [0.717, 1.165) is 25.0 Å². The third-order valence-electron chi connectivity index (χ3n) is 4.68. The van der Waals surface area contributed by atoms with E-state index >= 15 is 0 Å². The molecule has 3 unspecified atom stereocenters. The quantitative estimate of drug-likeness (QED) is 0.870. The first-order valence-electron chi connectivity index (χ1n) is 7.12. The van der Waals surface area contributed by atoms with Crippen molar-refractivity contribution in [2.75, 3.05) is 13.1 Å². The first-order chi connectivity index (χ1) is 10.2. The van der Waals surface area contributed by atoms with Crippen LogP contribution < -0.4 is 5.73 Å². The number of benzene rings is 1. The van der Waals surface area contributed by atoms with E-state index in [9.17, 15) is 21.6 Å². The van der Waals surface area contributed by atoms with Gasteiger partial charge < -0.3 is 5.73 Å². The molecule has 1 heterocycles. The zero-order chi connectivity index (χ0) is 16.1. The van der Waals surface area contributed by atoms with Crippen LogP contribution in [0.5, 0.6) is 0 Å². The smallest absolute Gasteiger partial charge is 0.327 e. The number of hydrogen-bond acceptors (Lipinski definition) is 3. The largest absolute Gasteiger partial charge is 0.416 e. The van der Waals surface area contributed by atoms with E-state index in [1.54, 1.807) is 0 Å². The molecule has 1 aromatic carbocycles. The average molecular weight is 371 g/mol. The molecule has 1 saturated carbocycles. The molecule has 130 valence electrons. The lowest BCUT2D eigenvalue weighted by molar-refractivity contribution is -0.137. The molecule has 0 bridgehead atoms. The zero-order valence-corrected chi connectivity index (χ0v) is 13.8. The first-order valence-corrected chi connectivity index (χ1v) is 8.56. The van der Waals surface area contributed by atoms with Gasteiger partial charge >= 0.3 is 6.18 Å². The first kappa shape index (κ1) is 18.5. The van der Waals surface area contributed by atoms with Crippen molar-refractivity contribution in [3.8, 4) is 0 Å². The molecule has 1 saturated heterocycles. The molecule has 4 nitrogen and oxygen atoms in total. The highest BCUT2D eigenvalue weighted by Crippen LogP contribution is 2.39. The van der Waals surface area contributed by atoms with Crippen molar-refractivity contribution in [3.63, 3.8) is 0 Å². The average Bonchev–Trinajstić information content (AvgIpc) is 3.01. The van der Waals surface area contributed by atoms with Crippen LogP contribution in [-0.2, 0) is 16.2 Å². The molecule has 2 aliphatic rings. The molecule has 1 aliphatic heterocycles. The maximum absolute atomic E-state index is 12.7. The van der Waals surface area contributed by atoms with Crippen LogP contribution in [0.4, 0.5) is 13.2 Å². The summed E-state index contributed by atoms with van der Waals surface area (Å²) in [6.45, 7) is 0.640. The van der Waals surface area contributed by atoms with Crippen LogP contribution in [0, 0.1) is 11.8 Å². The predicted octanol–water partition coefficient (Wildman–Crippen LogP) is 2.49.